The van der Waals surface area contributed by atoms with Gasteiger partial charge in [-0.3, -0.25) is 10.1 Å². The van der Waals surface area contributed by atoms with Gasteiger partial charge in [-0.25, -0.2) is 4.79 Å². The number of hydrogen-bond donors (Lipinski definition) is 1. The molecule has 0 radical (unpaired) electrons. The highest BCUT2D eigenvalue weighted by molar-refractivity contribution is 8.00. The largest absolute Gasteiger partial charge is 0.466 e. The Morgan fingerprint density at radius 3 is 2.52 bits per heavy atom. The van der Waals surface area contributed by atoms with E-state index in [1.807, 2.05) is 31.2 Å². The van der Waals surface area contributed by atoms with Crippen LogP contribution in [0.15, 0.2) is 64.7 Å². The first-order valence-electron chi connectivity index (χ1n) is 7.57. The number of allylic oxidation sites excluding steroid dienone is 1. The molecule has 0 aliphatic carbocycles. The maximum Gasteiger partial charge on any atom is 0.337 e. The molecule has 1 N–H and O–H groups in total. The summed E-state index contributed by atoms with van der Waals surface area (Å²) in [5, 5.41) is 13.8. The van der Waals surface area contributed by atoms with Crippen molar-refractivity contribution in [1.29, 1.82) is 0 Å². The van der Waals surface area contributed by atoms with Crippen molar-refractivity contribution < 1.29 is 14.5 Å². The summed E-state index contributed by atoms with van der Waals surface area (Å²) in [6.45, 7) is 1.83. The van der Waals surface area contributed by atoms with Crippen LogP contribution in [-0.2, 0) is 9.53 Å². The van der Waals surface area contributed by atoms with Crippen molar-refractivity contribution >= 4 is 29.1 Å². The van der Waals surface area contributed by atoms with Gasteiger partial charge in [0.05, 0.1) is 28.5 Å². The molecule has 6 nitrogen and oxygen atoms in total. The van der Waals surface area contributed by atoms with E-state index >= 15 is 0 Å². The molecule has 1 aliphatic heterocycles. The van der Waals surface area contributed by atoms with Crippen LogP contribution in [-0.4, -0.2) is 18.0 Å². The summed E-state index contributed by atoms with van der Waals surface area (Å²) >= 11 is 1.51. The number of nitrogens with one attached hydrogen (secondary N) is 1. The predicted molar refractivity (Wildman–Crippen MR) is 96.5 cm³/mol. The topological polar surface area (TPSA) is 81.5 Å². The van der Waals surface area contributed by atoms with Crippen molar-refractivity contribution in [3.05, 3.63) is 75.5 Å². The molecule has 2 aromatic rings. The average molecular weight is 356 g/mol. The zero-order valence-electron chi connectivity index (χ0n) is 13.7. The molecule has 128 valence electrons. The smallest absolute Gasteiger partial charge is 0.337 e. The number of methoxy groups -OCH3 is 1. The Morgan fingerprint density at radius 1 is 1.20 bits per heavy atom. The van der Waals surface area contributed by atoms with E-state index in [-0.39, 0.29) is 10.9 Å². The lowest BCUT2D eigenvalue weighted by Gasteiger charge is -2.18. The van der Waals surface area contributed by atoms with Crippen molar-refractivity contribution in [3.63, 3.8) is 0 Å². The second-order valence-corrected chi connectivity index (χ2v) is 6.64. The quantitative estimate of drug-likeness (QED) is 0.502. The predicted octanol–water partition coefficient (Wildman–Crippen LogP) is 4.30. The molecule has 0 bridgehead atoms. The van der Waals surface area contributed by atoms with Crippen LogP contribution in [0.1, 0.15) is 17.7 Å². The van der Waals surface area contributed by atoms with Gasteiger partial charge in [-0.05, 0) is 24.6 Å². The number of hydrogen-bond acceptors (Lipinski definition) is 6. The Morgan fingerprint density at radius 2 is 1.88 bits per heavy atom. The lowest BCUT2D eigenvalue weighted by molar-refractivity contribution is -0.384. The second-order valence-electron chi connectivity index (χ2n) is 5.50. The maximum absolute atomic E-state index is 12.4. The van der Waals surface area contributed by atoms with Crippen LogP contribution in [0.4, 0.5) is 11.4 Å². The third kappa shape index (κ3) is 3.36. The number of nitro groups is 1. The third-order valence-electron chi connectivity index (χ3n) is 3.93. The van der Waals surface area contributed by atoms with Crippen LogP contribution in [0.2, 0.25) is 0 Å². The molecular formula is C18H16N2O4S. The number of fused-ring (bicyclic) bond motifs is 1. The van der Waals surface area contributed by atoms with E-state index in [1.54, 1.807) is 12.1 Å². The van der Waals surface area contributed by atoms with Crippen LogP contribution in [0.3, 0.4) is 0 Å². The first-order valence-corrected chi connectivity index (χ1v) is 8.45. The summed E-state index contributed by atoms with van der Waals surface area (Å²) in [6.07, 6.45) is 0. The summed E-state index contributed by atoms with van der Waals surface area (Å²) < 4.78 is 4.97. The molecule has 1 heterocycles. The monoisotopic (exact) mass is 356 g/mol. The standard InChI is InChI=1S/C18H16N2O4S/c1-11-16(18(21)24-2)17(12-7-9-13(10-8-12)20(22)23)25-15-6-4-3-5-14(15)19-11/h3-10,17,19H,1-2H3. The van der Waals surface area contributed by atoms with Crippen LogP contribution in [0.5, 0.6) is 0 Å². The maximum atomic E-state index is 12.4. The number of para-hydroxylation sites is 1. The molecule has 7 heteroatoms. The number of anilines is 1. The fourth-order valence-electron chi connectivity index (χ4n) is 2.70. The Bertz CT molecular complexity index is 862. The van der Waals surface area contributed by atoms with Gasteiger partial charge >= 0.3 is 5.97 Å². The molecular weight excluding hydrogens is 340 g/mol. The molecule has 0 saturated heterocycles. The lowest BCUT2D eigenvalue weighted by Crippen LogP contribution is -2.15. The fraction of sp³-hybridized carbons (Fsp3) is 0.167. The first kappa shape index (κ1) is 17.0. The zero-order chi connectivity index (χ0) is 18.0. The number of nitrogens with zero attached hydrogens (tertiary/aromatic N) is 1. The number of nitro benzene ring substituents is 1. The summed E-state index contributed by atoms with van der Waals surface area (Å²) in [4.78, 5) is 23.8. The highest BCUT2D eigenvalue weighted by Gasteiger charge is 2.30. The van der Waals surface area contributed by atoms with Gasteiger partial charge < -0.3 is 10.1 Å². The number of thioether (sulfide) groups is 1. The van der Waals surface area contributed by atoms with E-state index in [0.717, 1.165) is 16.1 Å². The molecule has 0 aromatic heterocycles. The number of carbonyl (C=O) groups is 1. The molecule has 1 atom stereocenters. The van der Waals surface area contributed by atoms with Crippen molar-refractivity contribution in [2.24, 2.45) is 0 Å². The summed E-state index contributed by atoms with van der Waals surface area (Å²) in [7, 11) is 1.35. The highest BCUT2D eigenvalue weighted by Crippen LogP contribution is 2.47. The van der Waals surface area contributed by atoms with Gasteiger partial charge in [0.1, 0.15) is 0 Å². The summed E-state index contributed by atoms with van der Waals surface area (Å²) in [5.41, 5.74) is 2.93. The minimum absolute atomic E-state index is 0.0150. The van der Waals surface area contributed by atoms with Crippen LogP contribution in [0.25, 0.3) is 0 Å². The van der Waals surface area contributed by atoms with Crippen molar-refractivity contribution in [3.8, 4) is 0 Å². The molecule has 3 rings (SSSR count). The fourth-order valence-corrected chi connectivity index (χ4v) is 4.04. The summed E-state index contributed by atoms with van der Waals surface area (Å²) in [5.74, 6) is -0.423. The Balaban J connectivity index is 2.10. The van der Waals surface area contributed by atoms with E-state index in [4.69, 9.17) is 4.74 Å². The molecule has 0 fully saturated rings. The van der Waals surface area contributed by atoms with Gasteiger partial charge in [0.2, 0.25) is 0 Å². The molecule has 25 heavy (non-hydrogen) atoms. The van der Waals surface area contributed by atoms with Crippen LogP contribution >= 0.6 is 11.8 Å². The molecule has 0 saturated carbocycles. The Kier molecular flexibility index (Phi) is 4.76. The normalized spacial score (nSPS) is 16.5. The Hall–Kier alpha value is -2.80. The highest BCUT2D eigenvalue weighted by atomic mass is 32.2. The van der Waals surface area contributed by atoms with Gasteiger partial charge in [0.15, 0.2) is 0 Å². The van der Waals surface area contributed by atoms with E-state index in [2.05, 4.69) is 5.32 Å². The van der Waals surface area contributed by atoms with Gasteiger partial charge in [-0.1, -0.05) is 24.3 Å². The molecule has 0 spiro atoms. The zero-order valence-corrected chi connectivity index (χ0v) is 14.5. The van der Waals surface area contributed by atoms with Gasteiger partial charge in [0.25, 0.3) is 5.69 Å². The minimum Gasteiger partial charge on any atom is -0.466 e. The molecule has 0 amide bonds. The van der Waals surface area contributed by atoms with Gasteiger partial charge in [-0.15, -0.1) is 11.8 Å². The van der Waals surface area contributed by atoms with E-state index in [0.29, 0.717) is 11.3 Å². The molecule has 1 aliphatic rings. The van der Waals surface area contributed by atoms with Gasteiger partial charge in [0, 0.05) is 22.7 Å². The SMILES string of the molecule is COC(=O)C1=C(C)Nc2ccccc2SC1c1ccc([N+](=O)[O-])cc1. The number of benzene rings is 2. The van der Waals surface area contributed by atoms with E-state index in [9.17, 15) is 14.9 Å². The second kappa shape index (κ2) is 6.98. The number of esters is 1. The van der Waals surface area contributed by atoms with Crippen LogP contribution in [0, 0.1) is 10.1 Å². The first-order chi connectivity index (χ1) is 12.0. The lowest BCUT2D eigenvalue weighted by atomic mass is 10.0. The average Bonchev–Trinajstić information content (AvgIpc) is 2.76. The van der Waals surface area contributed by atoms with Crippen molar-refractivity contribution in [2.75, 3.05) is 12.4 Å². The van der Waals surface area contributed by atoms with Crippen molar-refractivity contribution in [2.45, 2.75) is 17.1 Å². The number of rotatable bonds is 3. The van der Waals surface area contributed by atoms with E-state index < -0.39 is 10.9 Å². The minimum atomic E-state index is -0.441. The molecule has 1 unspecified atom stereocenters. The van der Waals surface area contributed by atoms with Gasteiger partial charge in [-0.2, -0.15) is 0 Å². The number of non-ortho nitro benzene ring substituents is 1. The summed E-state index contributed by atoms with van der Waals surface area (Å²) in [6, 6.07) is 14.0. The molecule has 2 aromatic carbocycles. The third-order valence-corrected chi connectivity index (χ3v) is 5.29. The van der Waals surface area contributed by atoms with E-state index in [1.165, 1.54) is 31.0 Å². The number of carbonyl (C=O) groups excluding carboxylic acids is 1. The Labute approximate surface area is 149 Å². The van der Waals surface area contributed by atoms with Crippen molar-refractivity contribution in [1.82, 2.24) is 0 Å². The van der Waals surface area contributed by atoms with Crippen LogP contribution < -0.4 is 5.32 Å². The number of ether oxygens (including phenoxy) is 1.